The number of anilines is 1. The molecule has 3 nitrogen and oxygen atoms in total. The SMILES string of the molecule is Cc1cc(C)c2nc(-c3ccccc3)cc(N3CCNCC3)c2c1.Cl. The van der Waals surface area contributed by atoms with Gasteiger partial charge in [0.05, 0.1) is 11.2 Å². The van der Waals surface area contributed by atoms with Crippen LogP contribution >= 0.6 is 12.4 Å². The molecule has 0 atom stereocenters. The largest absolute Gasteiger partial charge is 0.368 e. The molecule has 0 amide bonds. The first-order valence-electron chi connectivity index (χ1n) is 8.65. The van der Waals surface area contributed by atoms with Crippen molar-refractivity contribution in [1.29, 1.82) is 0 Å². The number of nitrogens with zero attached hydrogens (tertiary/aromatic N) is 2. The van der Waals surface area contributed by atoms with E-state index in [-0.39, 0.29) is 12.4 Å². The number of aryl methyl sites for hydroxylation is 2. The zero-order chi connectivity index (χ0) is 16.5. The van der Waals surface area contributed by atoms with Gasteiger partial charge in [0, 0.05) is 42.8 Å². The third-order valence-corrected chi connectivity index (χ3v) is 4.75. The number of hydrogen-bond donors (Lipinski definition) is 1. The van der Waals surface area contributed by atoms with Crippen molar-refractivity contribution in [1.82, 2.24) is 10.3 Å². The molecule has 1 aliphatic rings. The van der Waals surface area contributed by atoms with Crippen LogP contribution in [0.4, 0.5) is 5.69 Å². The maximum absolute atomic E-state index is 5.00. The molecule has 0 spiro atoms. The summed E-state index contributed by atoms with van der Waals surface area (Å²) in [6.07, 6.45) is 0. The molecule has 0 unspecified atom stereocenters. The van der Waals surface area contributed by atoms with E-state index in [1.165, 1.54) is 27.8 Å². The van der Waals surface area contributed by atoms with Crippen molar-refractivity contribution < 1.29 is 0 Å². The van der Waals surface area contributed by atoms with Crippen LogP contribution in [-0.4, -0.2) is 31.2 Å². The number of nitrogens with one attached hydrogen (secondary N) is 1. The number of halogens is 1. The number of rotatable bonds is 2. The number of pyridine rings is 1. The van der Waals surface area contributed by atoms with E-state index in [1.54, 1.807) is 0 Å². The third-order valence-electron chi connectivity index (χ3n) is 4.75. The van der Waals surface area contributed by atoms with Crippen LogP contribution in [0.3, 0.4) is 0 Å². The minimum atomic E-state index is 0. The van der Waals surface area contributed by atoms with E-state index in [1.807, 2.05) is 0 Å². The predicted octanol–water partition coefficient (Wildman–Crippen LogP) is 4.35. The molecule has 2 aromatic carbocycles. The van der Waals surface area contributed by atoms with Crippen LogP contribution in [-0.2, 0) is 0 Å². The fourth-order valence-electron chi connectivity index (χ4n) is 3.59. The summed E-state index contributed by atoms with van der Waals surface area (Å²) in [6.45, 7) is 8.49. The van der Waals surface area contributed by atoms with E-state index in [0.29, 0.717) is 0 Å². The standard InChI is InChI=1S/C21H23N3.ClH/c1-15-12-16(2)21-18(13-15)20(24-10-8-22-9-11-24)14-19(23-21)17-6-4-3-5-7-17;/h3-7,12-14,22H,8-11H2,1-2H3;1H. The molecule has 3 aromatic rings. The van der Waals surface area contributed by atoms with Crippen molar-refractivity contribution in [2.75, 3.05) is 31.1 Å². The first kappa shape index (κ1) is 17.7. The quantitative estimate of drug-likeness (QED) is 0.742. The Morgan fingerprint density at radius 1 is 0.960 bits per heavy atom. The van der Waals surface area contributed by atoms with Gasteiger partial charge in [-0.05, 0) is 31.5 Å². The Hall–Kier alpha value is -2.10. The van der Waals surface area contributed by atoms with Gasteiger partial charge in [-0.1, -0.05) is 42.0 Å². The number of aromatic nitrogens is 1. The molecular formula is C21H24ClN3. The van der Waals surface area contributed by atoms with Gasteiger partial charge < -0.3 is 10.2 Å². The summed E-state index contributed by atoms with van der Waals surface area (Å²) in [7, 11) is 0. The van der Waals surface area contributed by atoms with Crippen LogP contribution in [0, 0.1) is 13.8 Å². The van der Waals surface area contributed by atoms with E-state index in [9.17, 15) is 0 Å². The fraction of sp³-hybridized carbons (Fsp3) is 0.286. The third kappa shape index (κ3) is 3.48. The maximum Gasteiger partial charge on any atom is 0.0759 e. The molecule has 1 fully saturated rings. The second kappa shape index (κ2) is 7.42. The lowest BCUT2D eigenvalue weighted by molar-refractivity contribution is 0.590. The topological polar surface area (TPSA) is 28.2 Å². The molecule has 0 radical (unpaired) electrons. The van der Waals surface area contributed by atoms with Crippen LogP contribution in [0.25, 0.3) is 22.2 Å². The van der Waals surface area contributed by atoms with Gasteiger partial charge in [-0.3, -0.25) is 0 Å². The van der Waals surface area contributed by atoms with Crippen molar-refractivity contribution in [3.63, 3.8) is 0 Å². The predicted molar refractivity (Wildman–Crippen MR) is 109 cm³/mol. The van der Waals surface area contributed by atoms with Gasteiger partial charge >= 0.3 is 0 Å². The monoisotopic (exact) mass is 353 g/mol. The average Bonchev–Trinajstić information content (AvgIpc) is 2.62. The van der Waals surface area contributed by atoms with Crippen molar-refractivity contribution in [2.45, 2.75) is 13.8 Å². The van der Waals surface area contributed by atoms with Gasteiger partial charge in [0.1, 0.15) is 0 Å². The van der Waals surface area contributed by atoms with Crippen LogP contribution < -0.4 is 10.2 Å². The Balaban J connectivity index is 0.00000182. The van der Waals surface area contributed by atoms with Gasteiger partial charge in [0.2, 0.25) is 0 Å². The van der Waals surface area contributed by atoms with Gasteiger partial charge in [-0.15, -0.1) is 12.4 Å². The van der Waals surface area contributed by atoms with Crippen molar-refractivity contribution in [3.05, 3.63) is 59.7 Å². The van der Waals surface area contributed by atoms with Crippen LogP contribution in [0.2, 0.25) is 0 Å². The Morgan fingerprint density at radius 3 is 2.40 bits per heavy atom. The number of hydrogen-bond acceptors (Lipinski definition) is 3. The zero-order valence-corrected chi connectivity index (χ0v) is 15.6. The van der Waals surface area contributed by atoms with E-state index in [0.717, 1.165) is 37.4 Å². The fourth-order valence-corrected chi connectivity index (χ4v) is 3.59. The molecule has 0 aliphatic carbocycles. The Bertz CT molecular complexity index is 871. The Labute approximate surface area is 155 Å². The molecule has 0 saturated carbocycles. The van der Waals surface area contributed by atoms with E-state index >= 15 is 0 Å². The molecule has 1 aliphatic heterocycles. The second-order valence-electron chi connectivity index (χ2n) is 6.61. The molecular weight excluding hydrogens is 330 g/mol. The number of piperazine rings is 1. The van der Waals surface area contributed by atoms with E-state index in [4.69, 9.17) is 4.98 Å². The Kier molecular flexibility index (Phi) is 5.26. The molecule has 0 bridgehead atoms. The van der Waals surface area contributed by atoms with E-state index in [2.05, 4.69) is 72.6 Å². The smallest absolute Gasteiger partial charge is 0.0759 e. The molecule has 2 heterocycles. The maximum atomic E-state index is 5.00. The summed E-state index contributed by atoms with van der Waals surface area (Å²) < 4.78 is 0. The molecule has 1 N–H and O–H groups in total. The summed E-state index contributed by atoms with van der Waals surface area (Å²) in [5.41, 5.74) is 7.21. The highest BCUT2D eigenvalue weighted by Crippen LogP contribution is 2.33. The molecule has 4 rings (SSSR count). The van der Waals surface area contributed by atoms with Crippen LogP contribution in [0.1, 0.15) is 11.1 Å². The van der Waals surface area contributed by atoms with Crippen LogP contribution in [0.15, 0.2) is 48.5 Å². The normalized spacial score (nSPS) is 14.4. The minimum absolute atomic E-state index is 0. The summed E-state index contributed by atoms with van der Waals surface area (Å²) >= 11 is 0. The summed E-state index contributed by atoms with van der Waals surface area (Å²) in [5, 5.41) is 4.72. The molecule has 1 saturated heterocycles. The first-order chi connectivity index (χ1) is 11.7. The van der Waals surface area contributed by atoms with Crippen LogP contribution in [0.5, 0.6) is 0 Å². The highest BCUT2D eigenvalue weighted by molar-refractivity contribution is 5.96. The molecule has 25 heavy (non-hydrogen) atoms. The molecule has 4 heteroatoms. The van der Waals surface area contributed by atoms with Crippen molar-refractivity contribution >= 4 is 29.0 Å². The van der Waals surface area contributed by atoms with Gasteiger partial charge in [0.15, 0.2) is 0 Å². The van der Waals surface area contributed by atoms with E-state index < -0.39 is 0 Å². The van der Waals surface area contributed by atoms with Crippen molar-refractivity contribution in [3.8, 4) is 11.3 Å². The summed E-state index contributed by atoms with van der Waals surface area (Å²) in [6, 6.07) is 17.3. The average molecular weight is 354 g/mol. The molecule has 130 valence electrons. The van der Waals surface area contributed by atoms with Gasteiger partial charge in [-0.25, -0.2) is 4.98 Å². The lowest BCUT2D eigenvalue weighted by atomic mass is 10.0. The number of fused-ring (bicyclic) bond motifs is 1. The second-order valence-corrected chi connectivity index (χ2v) is 6.61. The summed E-state index contributed by atoms with van der Waals surface area (Å²) in [5.74, 6) is 0. The molecule has 1 aromatic heterocycles. The lowest BCUT2D eigenvalue weighted by Crippen LogP contribution is -2.43. The number of benzene rings is 2. The lowest BCUT2D eigenvalue weighted by Gasteiger charge is -2.31. The highest BCUT2D eigenvalue weighted by atomic mass is 35.5. The summed E-state index contributed by atoms with van der Waals surface area (Å²) in [4.78, 5) is 7.49. The van der Waals surface area contributed by atoms with Gasteiger partial charge in [-0.2, -0.15) is 0 Å². The Morgan fingerprint density at radius 2 is 1.68 bits per heavy atom. The van der Waals surface area contributed by atoms with Gasteiger partial charge in [0.25, 0.3) is 0 Å². The first-order valence-corrected chi connectivity index (χ1v) is 8.65. The zero-order valence-electron chi connectivity index (χ0n) is 14.7. The van der Waals surface area contributed by atoms with Crippen molar-refractivity contribution in [2.24, 2.45) is 0 Å². The minimum Gasteiger partial charge on any atom is -0.368 e. The highest BCUT2D eigenvalue weighted by Gasteiger charge is 2.17.